The highest BCUT2D eigenvalue weighted by Crippen LogP contribution is 2.31. The van der Waals surface area contributed by atoms with Crippen molar-refractivity contribution < 1.29 is 5.11 Å². The zero-order valence-electron chi connectivity index (χ0n) is 9.69. The van der Waals surface area contributed by atoms with Gasteiger partial charge >= 0.3 is 0 Å². The van der Waals surface area contributed by atoms with E-state index in [1.54, 1.807) is 12.4 Å². The van der Waals surface area contributed by atoms with E-state index in [1.807, 2.05) is 18.0 Å². The minimum atomic E-state index is -0.528. The molecule has 88 valence electrons. The molecule has 16 heavy (non-hydrogen) atoms. The molecule has 0 saturated heterocycles. The van der Waals surface area contributed by atoms with Gasteiger partial charge < -0.3 is 15.7 Å². The van der Waals surface area contributed by atoms with E-state index < -0.39 is 5.60 Å². The maximum atomic E-state index is 10.3. The Balaban J connectivity index is 2.05. The van der Waals surface area contributed by atoms with E-state index in [0.29, 0.717) is 12.2 Å². The first kappa shape index (κ1) is 11.2. The first-order chi connectivity index (χ1) is 7.59. The zero-order chi connectivity index (χ0) is 11.6. The number of aliphatic hydroxyl groups is 1. The van der Waals surface area contributed by atoms with Gasteiger partial charge in [-0.1, -0.05) is 12.8 Å². The molecular formula is C12H19N3O. The van der Waals surface area contributed by atoms with Crippen LogP contribution in [0, 0.1) is 0 Å². The first-order valence-corrected chi connectivity index (χ1v) is 5.73. The Morgan fingerprint density at radius 2 is 2.12 bits per heavy atom. The van der Waals surface area contributed by atoms with Gasteiger partial charge in [-0.05, 0) is 18.9 Å². The Morgan fingerprint density at radius 3 is 2.75 bits per heavy atom. The third kappa shape index (κ3) is 2.44. The van der Waals surface area contributed by atoms with E-state index in [2.05, 4.69) is 4.98 Å². The number of likely N-dealkylation sites (N-methyl/N-ethyl adjacent to an activating group) is 1. The van der Waals surface area contributed by atoms with Crippen LogP contribution < -0.4 is 10.6 Å². The Morgan fingerprint density at radius 1 is 1.44 bits per heavy atom. The predicted molar refractivity (Wildman–Crippen MR) is 65.3 cm³/mol. The van der Waals surface area contributed by atoms with Crippen LogP contribution in [0.1, 0.15) is 25.7 Å². The lowest BCUT2D eigenvalue weighted by atomic mass is 10.0. The average molecular weight is 221 g/mol. The number of hydrogen-bond acceptors (Lipinski definition) is 4. The second kappa shape index (κ2) is 4.29. The van der Waals surface area contributed by atoms with Crippen molar-refractivity contribution in [3.8, 4) is 0 Å². The van der Waals surface area contributed by atoms with Gasteiger partial charge in [0.15, 0.2) is 0 Å². The van der Waals surface area contributed by atoms with E-state index in [0.717, 1.165) is 31.4 Å². The number of aromatic nitrogens is 1. The number of rotatable bonds is 3. The Kier molecular flexibility index (Phi) is 3.01. The Labute approximate surface area is 96.1 Å². The van der Waals surface area contributed by atoms with Gasteiger partial charge in [0.2, 0.25) is 0 Å². The maximum Gasteiger partial charge on any atom is 0.0821 e. The molecule has 0 aromatic carbocycles. The number of nitrogen functional groups attached to an aromatic ring is 1. The highest BCUT2D eigenvalue weighted by Gasteiger charge is 2.32. The molecule has 1 aliphatic carbocycles. The molecule has 3 N–H and O–H groups in total. The molecule has 1 fully saturated rings. The number of nitrogens with zero attached hydrogens (tertiary/aromatic N) is 2. The summed E-state index contributed by atoms with van der Waals surface area (Å²) in [5.74, 6) is 0. The van der Waals surface area contributed by atoms with Gasteiger partial charge in [0, 0.05) is 19.8 Å². The predicted octanol–water partition coefficient (Wildman–Crippen LogP) is 1.41. The van der Waals surface area contributed by atoms with Crippen molar-refractivity contribution in [3.05, 3.63) is 18.5 Å². The summed E-state index contributed by atoms with van der Waals surface area (Å²) in [6, 6.07) is 1.88. The molecule has 0 amide bonds. The van der Waals surface area contributed by atoms with Crippen LogP contribution in [0.4, 0.5) is 11.4 Å². The van der Waals surface area contributed by atoms with Crippen LogP contribution in [0.15, 0.2) is 18.5 Å². The van der Waals surface area contributed by atoms with Gasteiger partial charge in [0.05, 0.1) is 23.2 Å². The Bertz CT molecular complexity index is 361. The first-order valence-electron chi connectivity index (χ1n) is 5.73. The molecule has 1 saturated carbocycles. The van der Waals surface area contributed by atoms with Crippen molar-refractivity contribution in [2.24, 2.45) is 0 Å². The average Bonchev–Trinajstić information content (AvgIpc) is 2.65. The van der Waals surface area contributed by atoms with E-state index in [4.69, 9.17) is 5.73 Å². The molecule has 1 aromatic heterocycles. The molecule has 0 atom stereocenters. The summed E-state index contributed by atoms with van der Waals surface area (Å²) in [6.45, 7) is 0.651. The molecule has 1 heterocycles. The van der Waals surface area contributed by atoms with Crippen molar-refractivity contribution in [1.82, 2.24) is 4.98 Å². The smallest absolute Gasteiger partial charge is 0.0821 e. The quantitative estimate of drug-likeness (QED) is 0.810. The highest BCUT2D eigenvalue weighted by molar-refractivity contribution is 5.52. The summed E-state index contributed by atoms with van der Waals surface area (Å²) in [7, 11) is 1.97. The molecule has 1 aliphatic rings. The van der Waals surface area contributed by atoms with Crippen LogP contribution in [0.25, 0.3) is 0 Å². The third-order valence-corrected chi connectivity index (χ3v) is 3.25. The standard InChI is InChI=1S/C12H19N3O/c1-15(9-12(16)4-2-3-5-12)11-6-10(13)7-14-8-11/h6-8,16H,2-5,9,13H2,1H3. The van der Waals surface area contributed by atoms with Crippen LogP contribution in [0.3, 0.4) is 0 Å². The summed E-state index contributed by atoms with van der Waals surface area (Å²) in [5.41, 5.74) is 6.77. The fourth-order valence-corrected chi connectivity index (χ4v) is 2.38. The van der Waals surface area contributed by atoms with Crippen molar-refractivity contribution in [3.63, 3.8) is 0 Å². The van der Waals surface area contributed by atoms with Crippen LogP contribution in [-0.4, -0.2) is 29.3 Å². The van der Waals surface area contributed by atoms with Crippen LogP contribution >= 0.6 is 0 Å². The molecule has 0 unspecified atom stereocenters. The topological polar surface area (TPSA) is 62.4 Å². The molecule has 2 rings (SSSR count). The lowest BCUT2D eigenvalue weighted by Crippen LogP contribution is -2.39. The largest absolute Gasteiger partial charge is 0.397 e. The minimum absolute atomic E-state index is 0.528. The SMILES string of the molecule is CN(CC1(O)CCCC1)c1cncc(N)c1. The summed E-state index contributed by atoms with van der Waals surface area (Å²) in [4.78, 5) is 6.08. The third-order valence-electron chi connectivity index (χ3n) is 3.25. The number of pyridine rings is 1. The summed E-state index contributed by atoms with van der Waals surface area (Å²) < 4.78 is 0. The minimum Gasteiger partial charge on any atom is -0.397 e. The summed E-state index contributed by atoms with van der Waals surface area (Å²) >= 11 is 0. The van der Waals surface area contributed by atoms with Crippen LogP contribution in [0.5, 0.6) is 0 Å². The summed E-state index contributed by atoms with van der Waals surface area (Å²) in [6.07, 6.45) is 7.44. The van der Waals surface area contributed by atoms with Gasteiger partial charge in [-0.3, -0.25) is 4.98 Å². The van der Waals surface area contributed by atoms with Crippen molar-refractivity contribution in [2.75, 3.05) is 24.2 Å². The molecule has 4 nitrogen and oxygen atoms in total. The fraction of sp³-hybridized carbons (Fsp3) is 0.583. The maximum absolute atomic E-state index is 10.3. The van der Waals surface area contributed by atoms with E-state index in [9.17, 15) is 5.11 Å². The van der Waals surface area contributed by atoms with Gasteiger partial charge in [0.25, 0.3) is 0 Å². The van der Waals surface area contributed by atoms with E-state index in [1.165, 1.54) is 0 Å². The van der Waals surface area contributed by atoms with Crippen molar-refractivity contribution in [1.29, 1.82) is 0 Å². The number of nitrogens with two attached hydrogens (primary N) is 1. The lowest BCUT2D eigenvalue weighted by Gasteiger charge is -2.29. The van der Waals surface area contributed by atoms with Crippen molar-refractivity contribution >= 4 is 11.4 Å². The highest BCUT2D eigenvalue weighted by atomic mass is 16.3. The number of hydrogen-bond donors (Lipinski definition) is 2. The van der Waals surface area contributed by atoms with Gasteiger partial charge in [-0.25, -0.2) is 0 Å². The molecular weight excluding hydrogens is 202 g/mol. The van der Waals surface area contributed by atoms with Gasteiger partial charge in [-0.15, -0.1) is 0 Å². The fourth-order valence-electron chi connectivity index (χ4n) is 2.38. The van der Waals surface area contributed by atoms with E-state index in [-0.39, 0.29) is 0 Å². The molecule has 0 radical (unpaired) electrons. The van der Waals surface area contributed by atoms with Gasteiger partial charge in [-0.2, -0.15) is 0 Å². The second-order valence-electron chi connectivity index (χ2n) is 4.76. The second-order valence-corrected chi connectivity index (χ2v) is 4.76. The van der Waals surface area contributed by atoms with Crippen LogP contribution in [0.2, 0.25) is 0 Å². The van der Waals surface area contributed by atoms with Crippen LogP contribution in [-0.2, 0) is 0 Å². The molecule has 1 aromatic rings. The lowest BCUT2D eigenvalue weighted by molar-refractivity contribution is 0.0559. The van der Waals surface area contributed by atoms with Crippen molar-refractivity contribution in [2.45, 2.75) is 31.3 Å². The zero-order valence-corrected chi connectivity index (χ0v) is 9.69. The normalized spacial score (nSPS) is 18.6. The van der Waals surface area contributed by atoms with E-state index >= 15 is 0 Å². The Hall–Kier alpha value is -1.29. The molecule has 0 spiro atoms. The summed E-state index contributed by atoms with van der Waals surface area (Å²) in [5, 5.41) is 10.3. The molecule has 0 bridgehead atoms. The van der Waals surface area contributed by atoms with Gasteiger partial charge in [0.1, 0.15) is 0 Å². The number of anilines is 2. The molecule has 4 heteroatoms. The monoisotopic (exact) mass is 221 g/mol. The molecule has 0 aliphatic heterocycles.